The third kappa shape index (κ3) is 8.52. The lowest BCUT2D eigenvalue weighted by Crippen LogP contribution is -2.22. The predicted octanol–water partition coefficient (Wildman–Crippen LogP) is 2.66. The van der Waals surface area contributed by atoms with Crippen molar-refractivity contribution in [1.29, 1.82) is 0 Å². The van der Waals surface area contributed by atoms with Gasteiger partial charge in [0.05, 0.1) is 6.10 Å². The molecule has 0 aromatic heterocycles. The number of hydrogen-bond acceptors (Lipinski definition) is 2. The number of aliphatic hydroxyl groups is 1. The molecule has 0 rings (SSSR count). The maximum absolute atomic E-state index is 9.37. The molecule has 1 unspecified atom stereocenters. The van der Waals surface area contributed by atoms with E-state index in [0.717, 1.165) is 25.8 Å². The van der Waals surface area contributed by atoms with Gasteiger partial charge in [-0.3, -0.25) is 0 Å². The maximum atomic E-state index is 9.37. The van der Waals surface area contributed by atoms with E-state index >= 15 is 0 Å². The predicted molar refractivity (Wildman–Crippen MR) is 62.6 cm³/mol. The Hall–Kier alpha value is -0.0800. The van der Waals surface area contributed by atoms with Gasteiger partial charge in [-0.05, 0) is 45.8 Å². The Labute approximate surface area is 89.3 Å². The summed E-state index contributed by atoms with van der Waals surface area (Å²) in [5.41, 5.74) is 0. The van der Waals surface area contributed by atoms with Crippen LogP contribution in [0.1, 0.15) is 52.4 Å². The van der Waals surface area contributed by atoms with E-state index in [9.17, 15) is 5.11 Å². The Morgan fingerprint density at radius 2 is 1.71 bits per heavy atom. The van der Waals surface area contributed by atoms with E-state index in [1.807, 2.05) is 6.92 Å². The van der Waals surface area contributed by atoms with Gasteiger partial charge < -0.3 is 10.0 Å². The molecule has 0 spiro atoms. The normalized spacial score (nSPS) is 13.5. The van der Waals surface area contributed by atoms with Crippen LogP contribution in [0.4, 0.5) is 0 Å². The fraction of sp³-hybridized carbons (Fsp3) is 1.00. The standard InChI is InChI=1S/C12H27NO/c1-4-6-7-10-13(3)11-8-9-12(14)5-2/h12,14H,4-11H2,1-3H3. The van der Waals surface area contributed by atoms with E-state index < -0.39 is 0 Å². The van der Waals surface area contributed by atoms with E-state index in [2.05, 4.69) is 18.9 Å². The molecule has 0 aliphatic heterocycles. The molecule has 0 bridgehead atoms. The van der Waals surface area contributed by atoms with E-state index in [-0.39, 0.29) is 6.10 Å². The first-order valence-corrected chi connectivity index (χ1v) is 6.07. The molecule has 86 valence electrons. The summed E-state index contributed by atoms with van der Waals surface area (Å²) in [5.74, 6) is 0. The molecular formula is C12H27NO. The summed E-state index contributed by atoms with van der Waals surface area (Å²) in [7, 11) is 2.17. The van der Waals surface area contributed by atoms with Crippen molar-refractivity contribution in [2.45, 2.75) is 58.5 Å². The third-order valence-corrected chi connectivity index (χ3v) is 2.69. The molecular weight excluding hydrogens is 174 g/mol. The lowest BCUT2D eigenvalue weighted by Gasteiger charge is -2.17. The number of aliphatic hydroxyl groups excluding tert-OH is 1. The summed E-state index contributed by atoms with van der Waals surface area (Å²) in [6.45, 7) is 6.60. The van der Waals surface area contributed by atoms with Crippen LogP contribution < -0.4 is 0 Å². The first-order chi connectivity index (χ1) is 6.70. The smallest absolute Gasteiger partial charge is 0.0538 e. The average Bonchev–Trinajstić information content (AvgIpc) is 2.18. The minimum Gasteiger partial charge on any atom is -0.393 e. The lowest BCUT2D eigenvalue weighted by atomic mass is 10.1. The summed E-state index contributed by atoms with van der Waals surface area (Å²) in [6.07, 6.45) is 6.82. The summed E-state index contributed by atoms with van der Waals surface area (Å²) in [5, 5.41) is 9.37. The van der Waals surface area contributed by atoms with Crippen LogP contribution in [0.2, 0.25) is 0 Å². The first kappa shape index (κ1) is 13.9. The first-order valence-electron chi connectivity index (χ1n) is 6.07. The lowest BCUT2D eigenvalue weighted by molar-refractivity contribution is 0.152. The fourth-order valence-electron chi connectivity index (χ4n) is 1.54. The molecule has 14 heavy (non-hydrogen) atoms. The van der Waals surface area contributed by atoms with E-state index in [1.165, 1.54) is 25.8 Å². The highest BCUT2D eigenvalue weighted by Crippen LogP contribution is 2.03. The van der Waals surface area contributed by atoms with Crippen LogP contribution in [0.15, 0.2) is 0 Å². The van der Waals surface area contributed by atoms with Gasteiger partial charge in [0, 0.05) is 0 Å². The van der Waals surface area contributed by atoms with Crippen molar-refractivity contribution >= 4 is 0 Å². The number of hydrogen-bond donors (Lipinski definition) is 1. The van der Waals surface area contributed by atoms with Gasteiger partial charge in [0.2, 0.25) is 0 Å². The highest BCUT2D eigenvalue weighted by molar-refractivity contribution is 4.56. The zero-order chi connectivity index (χ0) is 10.8. The number of nitrogens with zero attached hydrogens (tertiary/aromatic N) is 1. The monoisotopic (exact) mass is 201 g/mol. The Kier molecular flexibility index (Phi) is 9.42. The molecule has 2 nitrogen and oxygen atoms in total. The molecule has 0 aromatic carbocycles. The van der Waals surface area contributed by atoms with Gasteiger partial charge in [0.15, 0.2) is 0 Å². The van der Waals surface area contributed by atoms with Crippen molar-refractivity contribution in [2.24, 2.45) is 0 Å². The molecule has 0 amide bonds. The Morgan fingerprint density at radius 1 is 1.07 bits per heavy atom. The van der Waals surface area contributed by atoms with Crippen molar-refractivity contribution in [3.05, 3.63) is 0 Å². The highest BCUT2D eigenvalue weighted by Gasteiger charge is 2.02. The van der Waals surface area contributed by atoms with Crippen molar-refractivity contribution < 1.29 is 5.11 Å². The second-order valence-corrected chi connectivity index (χ2v) is 4.21. The SMILES string of the molecule is CCCCCN(C)CCCC(O)CC. The number of unbranched alkanes of at least 4 members (excludes halogenated alkanes) is 2. The van der Waals surface area contributed by atoms with Crippen molar-refractivity contribution in [2.75, 3.05) is 20.1 Å². The molecule has 1 atom stereocenters. The van der Waals surface area contributed by atoms with Gasteiger partial charge in [0.1, 0.15) is 0 Å². The van der Waals surface area contributed by atoms with E-state index in [4.69, 9.17) is 0 Å². The molecule has 0 aromatic rings. The van der Waals surface area contributed by atoms with Crippen molar-refractivity contribution in [3.8, 4) is 0 Å². The zero-order valence-corrected chi connectivity index (χ0v) is 10.1. The summed E-state index contributed by atoms with van der Waals surface area (Å²) < 4.78 is 0. The largest absolute Gasteiger partial charge is 0.393 e. The average molecular weight is 201 g/mol. The van der Waals surface area contributed by atoms with Crippen LogP contribution in [0.5, 0.6) is 0 Å². The third-order valence-electron chi connectivity index (χ3n) is 2.69. The van der Waals surface area contributed by atoms with Crippen LogP contribution >= 0.6 is 0 Å². The zero-order valence-electron chi connectivity index (χ0n) is 10.1. The molecule has 0 radical (unpaired) electrons. The van der Waals surface area contributed by atoms with Crippen molar-refractivity contribution in [3.63, 3.8) is 0 Å². The van der Waals surface area contributed by atoms with Gasteiger partial charge in [0.25, 0.3) is 0 Å². The van der Waals surface area contributed by atoms with Gasteiger partial charge in [-0.2, -0.15) is 0 Å². The summed E-state index contributed by atoms with van der Waals surface area (Å²) in [4.78, 5) is 2.37. The quantitative estimate of drug-likeness (QED) is 0.580. The van der Waals surface area contributed by atoms with Crippen LogP contribution in [0, 0.1) is 0 Å². The highest BCUT2D eigenvalue weighted by atomic mass is 16.3. The van der Waals surface area contributed by atoms with Gasteiger partial charge in [-0.15, -0.1) is 0 Å². The molecule has 0 heterocycles. The Balaban J connectivity index is 3.21. The topological polar surface area (TPSA) is 23.5 Å². The van der Waals surface area contributed by atoms with Crippen LogP contribution in [-0.4, -0.2) is 36.2 Å². The second-order valence-electron chi connectivity index (χ2n) is 4.21. The van der Waals surface area contributed by atoms with Crippen LogP contribution in [-0.2, 0) is 0 Å². The van der Waals surface area contributed by atoms with Crippen LogP contribution in [0.25, 0.3) is 0 Å². The molecule has 0 aliphatic carbocycles. The van der Waals surface area contributed by atoms with Gasteiger partial charge in [-0.1, -0.05) is 26.7 Å². The fourth-order valence-corrected chi connectivity index (χ4v) is 1.54. The number of rotatable bonds is 9. The molecule has 0 saturated heterocycles. The van der Waals surface area contributed by atoms with Gasteiger partial charge >= 0.3 is 0 Å². The molecule has 0 fully saturated rings. The van der Waals surface area contributed by atoms with E-state index in [1.54, 1.807) is 0 Å². The second kappa shape index (κ2) is 9.47. The van der Waals surface area contributed by atoms with Gasteiger partial charge in [-0.25, -0.2) is 0 Å². The summed E-state index contributed by atoms with van der Waals surface area (Å²) in [6, 6.07) is 0. The molecule has 0 saturated carbocycles. The molecule has 2 heteroatoms. The van der Waals surface area contributed by atoms with E-state index in [0.29, 0.717) is 0 Å². The summed E-state index contributed by atoms with van der Waals surface area (Å²) >= 11 is 0. The maximum Gasteiger partial charge on any atom is 0.0538 e. The Morgan fingerprint density at radius 3 is 2.29 bits per heavy atom. The minimum atomic E-state index is -0.0842. The minimum absolute atomic E-state index is 0.0842. The van der Waals surface area contributed by atoms with Crippen molar-refractivity contribution in [1.82, 2.24) is 4.90 Å². The molecule has 1 N–H and O–H groups in total. The Bertz CT molecular complexity index is 117. The molecule has 0 aliphatic rings. The van der Waals surface area contributed by atoms with Crippen LogP contribution in [0.3, 0.4) is 0 Å².